The molecule has 0 aromatic heterocycles. The molecule has 0 unspecified atom stereocenters. The van der Waals surface area contributed by atoms with Crippen LogP contribution in [-0.4, -0.2) is 28.9 Å². The third-order valence-electron chi connectivity index (χ3n) is 7.60. The first-order chi connectivity index (χ1) is 13.6. The van der Waals surface area contributed by atoms with Crippen LogP contribution >= 0.6 is 11.6 Å². The Hall–Kier alpha value is -1.85. The number of halogens is 1. The molecule has 0 spiro atoms. The standard InChI is InChI=1S/C22H23ClN2O3/c23-12-8-6-11(7-9-12)19-18-14-10-15(20(18)28-24-19)17-16(14)21(26)25(22(17)27)13-4-2-1-3-5-13/h6-9,13-17,20,24H,1-5,10H2/t14-,15+,16+,17-,20+/m0/s1. The Morgan fingerprint density at radius 3 is 2.46 bits per heavy atom. The zero-order valence-corrected chi connectivity index (χ0v) is 16.3. The summed E-state index contributed by atoms with van der Waals surface area (Å²) in [5, 5.41) is 0.692. The highest BCUT2D eigenvalue weighted by atomic mass is 35.5. The number of rotatable bonds is 2. The minimum Gasteiger partial charge on any atom is -0.279 e. The Kier molecular flexibility index (Phi) is 3.70. The number of hydroxylamine groups is 1. The number of likely N-dealkylation sites (tertiary alicyclic amines) is 1. The minimum absolute atomic E-state index is 0.0667. The highest BCUT2D eigenvalue weighted by molar-refractivity contribution is 6.30. The number of fused-ring (bicyclic) bond motifs is 8. The lowest BCUT2D eigenvalue weighted by molar-refractivity contribution is -0.144. The third kappa shape index (κ3) is 2.17. The second-order valence-corrected chi connectivity index (χ2v) is 9.31. The lowest BCUT2D eigenvalue weighted by Crippen LogP contribution is -2.43. The number of nitrogens with zero attached hydrogens (tertiary/aromatic N) is 1. The summed E-state index contributed by atoms with van der Waals surface area (Å²) in [6.45, 7) is 0. The van der Waals surface area contributed by atoms with Crippen LogP contribution in [0.4, 0.5) is 0 Å². The molecule has 5 nitrogen and oxygen atoms in total. The molecule has 2 aliphatic heterocycles. The van der Waals surface area contributed by atoms with E-state index in [0.717, 1.165) is 43.4 Å². The van der Waals surface area contributed by atoms with Gasteiger partial charge in [-0.25, -0.2) is 0 Å². The maximum absolute atomic E-state index is 13.4. The summed E-state index contributed by atoms with van der Waals surface area (Å²) in [6, 6.07) is 7.79. The van der Waals surface area contributed by atoms with Crippen LogP contribution < -0.4 is 5.48 Å². The maximum Gasteiger partial charge on any atom is 0.233 e. The summed E-state index contributed by atoms with van der Waals surface area (Å²) >= 11 is 6.04. The van der Waals surface area contributed by atoms with Gasteiger partial charge < -0.3 is 0 Å². The molecule has 6 heteroatoms. The number of hydrogen-bond donors (Lipinski definition) is 1. The van der Waals surface area contributed by atoms with Crippen LogP contribution in [-0.2, 0) is 14.4 Å². The Morgan fingerprint density at radius 1 is 1.00 bits per heavy atom. The first-order valence-corrected chi connectivity index (χ1v) is 10.8. The normalized spacial score (nSPS) is 36.9. The molecule has 1 aromatic carbocycles. The van der Waals surface area contributed by atoms with E-state index in [9.17, 15) is 9.59 Å². The van der Waals surface area contributed by atoms with Crippen LogP contribution in [0.3, 0.4) is 0 Å². The predicted octanol–water partition coefficient (Wildman–Crippen LogP) is 3.54. The van der Waals surface area contributed by atoms with Crippen molar-refractivity contribution in [2.24, 2.45) is 23.7 Å². The largest absolute Gasteiger partial charge is 0.279 e. The Balaban J connectivity index is 1.37. The van der Waals surface area contributed by atoms with Crippen LogP contribution in [0.25, 0.3) is 5.70 Å². The van der Waals surface area contributed by atoms with Crippen molar-refractivity contribution in [2.75, 3.05) is 0 Å². The van der Waals surface area contributed by atoms with Crippen molar-refractivity contribution in [3.8, 4) is 0 Å². The summed E-state index contributed by atoms with van der Waals surface area (Å²) in [5.74, 6) is -0.0474. The van der Waals surface area contributed by atoms with E-state index in [1.54, 1.807) is 4.90 Å². The van der Waals surface area contributed by atoms with E-state index < -0.39 is 0 Å². The van der Waals surface area contributed by atoms with E-state index >= 15 is 0 Å². The van der Waals surface area contributed by atoms with E-state index in [-0.39, 0.29) is 47.6 Å². The molecule has 3 saturated carbocycles. The van der Waals surface area contributed by atoms with Crippen LogP contribution in [0, 0.1) is 23.7 Å². The molecule has 6 rings (SSSR count). The van der Waals surface area contributed by atoms with Crippen molar-refractivity contribution in [1.82, 2.24) is 10.4 Å². The molecule has 5 aliphatic rings. The third-order valence-corrected chi connectivity index (χ3v) is 7.85. The molecule has 5 atom stereocenters. The van der Waals surface area contributed by atoms with Crippen LogP contribution in [0.2, 0.25) is 5.02 Å². The lowest BCUT2D eigenvalue weighted by Gasteiger charge is -2.30. The molecule has 0 radical (unpaired) electrons. The van der Waals surface area contributed by atoms with Crippen LogP contribution in [0.15, 0.2) is 29.8 Å². The second kappa shape index (κ2) is 6.07. The fourth-order valence-electron chi connectivity index (χ4n) is 6.47. The van der Waals surface area contributed by atoms with Gasteiger partial charge >= 0.3 is 0 Å². The van der Waals surface area contributed by atoms with Gasteiger partial charge in [0.15, 0.2) is 0 Å². The quantitative estimate of drug-likeness (QED) is 0.774. The zero-order chi connectivity index (χ0) is 19.0. The monoisotopic (exact) mass is 398 g/mol. The van der Waals surface area contributed by atoms with Gasteiger partial charge in [-0.2, -0.15) is 0 Å². The van der Waals surface area contributed by atoms with Crippen molar-refractivity contribution in [3.63, 3.8) is 0 Å². The summed E-state index contributed by atoms with van der Waals surface area (Å²) in [5.41, 5.74) is 6.25. The van der Waals surface area contributed by atoms with Gasteiger partial charge in [0.1, 0.15) is 6.10 Å². The molecule has 1 aromatic rings. The predicted molar refractivity (Wildman–Crippen MR) is 104 cm³/mol. The highest BCUT2D eigenvalue weighted by Gasteiger charge is 2.68. The number of hydrogen-bond acceptors (Lipinski definition) is 4. The SMILES string of the molecule is O=C1[C@H]2[C@H]3C[C@H](C4=C(c5ccc(Cl)cc5)NO[C@@H]43)[C@H]2C(=O)N1C1CCCCC1. The van der Waals surface area contributed by atoms with Crippen molar-refractivity contribution in [2.45, 2.75) is 50.7 Å². The van der Waals surface area contributed by atoms with E-state index in [0.29, 0.717) is 5.02 Å². The zero-order valence-electron chi connectivity index (χ0n) is 15.6. The average molecular weight is 399 g/mol. The van der Waals surface area contributed by atoms with Crippen molar-refractivity contribution < 1.29 is 14.4 Å². The van der Waals surface area contributed by atoms with Crippen molar-refractivity contribution >= 4 is 29.1 Å². The Bertz CT molecular complexity index is 890. The minimum atomic E-state index is -0.198. The van der Waals surface area contributed by atoms with Gasteiger partial charge in [-0.3, -0.25) is 24.8 Å². The van der Waals surface area contributed by atoms with Gasteiger partial charge in [-0.05, 0) is 42.9 Å². The number of nitrogens with one attached hydrogen (secondary N) is 1. The van der Waals surface area contributed by atoms with Crippen molar-refractivity contribution in [1.29, 1.82) is 0 Å². The molecule has 2 heterocycles. The van der Waals surface area contributed by atoms with Crippen molar-refractivity contribution in [3.05, 3.63) is 40.4 Å². The molecule has 2 bridgehead atoms. The Morgan fingerprint density at radius 2 is 1.71 bits per heavy atom. The van der Waals surface area contributed by atoms with E-state index in [1.807, 2.05) is 24.3 Å². The second-order valence-electron chi connectivity index (χ2n) is 8.87. The number of carbonyl (C=O) groups is 2. The number of benzene rings is 1. The molecule has 4 fully saturated rings. The van der Waals surface area contributed by atoms with E-state index in [1.165, 1.54) is 12.0 Å². The molecular weight excluding hydrogens is 376 g/mol. The maximum atomic E-state index is 13.4. The Labute approximate surface area is 169 Å². The average Bonchev–Trinajstić information content (AvgIpc) is 3.44. The van der Waals surface area contributed by atoms with E-state index in [4.69, 9.17) is 16.4 Å². The highest BCUT2D eigenvalue weighted by Crippen LogP contribution is 2.62. The fraction of sp³-hybridized carbons (Fsp3) is 0.545. The molecule has 3 aliphatic carbocycles. The number of carbonyl (C=O) groups excluding carboxylic acids is 2. The molecular formula is C22H23ClN2O3. The fourth-order valence-corrected chi connectivity index (χ4v) is 6.60. The van der Waals surface area contributed by atoms with Gasteiger partial charge in [0, 0.05) is 22.5 Å². The summed E-state index contributed by atoms with van der Waals surface area (Å²) in [6.07, 6.45) is 6.16. The van der Waals surface area contributed by atoms with E-state index in [2.05, 4.69) is 5.48 Å². The topological polar surface area (TPSA) is 58.6 Å². The number of amides is 2. The van der Waals surface area contributed by atoms with Gasteiger partial charge in [0.25, 0.3) is 0 Å². The molecule has 1 N–H and O–H groups in total. The number of imide groups is 1. The van der Waals surface area contributed by atoms with Crippen LogP contribution in [0.5, 0.6) is 0 Å². The lowest BCUT2D eigenvalue weighted by atomic mass is 9.76. The first-order valence-electron chi connectivity index (χ1n) is 10.4. The summed E-state index contributed by atoms with van der Waals surface area (Å²) in [7, 11) is 0. The van der Waals surface area contributed by atoms with Gasteiger partial charge in [0.2, 0.25) is 11.8 Å². The van der Waals surface area contributed by atoms with Crippen LogP contribution in [0.1, 0.15) is 44.1 Å². The van der Waals surface area contributed by atoms with Gasteiger partial charge in [0.05, 0.1) is 17.5 Å². The van der Waals surface area contributed by atoms with Gasteiger partial charge in [-0.1, -0.05) is 43.0 Å². The smallest absolute Gasteiger partial charge is 0.233 e. The summed E-state index contributed by atoms with van der Waals surface area (Å²) in [4.78, 5) is 34.2. The molecule has 146 valence electrons. The molecule has 2 amide bonds. The first kappa shape index (κ1) is 17.0. The van der Waals surface area contributed by atoms with Gasteiger partial charge in [-0.15, -0.1) is 0 Å². The molecule has 28 heavy (non-hydrogen) atoms. The molecule has 1 saturated heterocycles. The summed E-state index contributed by atoms with van der Waals surface area (Å²) < 4.78 is 0.